The molecule has 0 saturated carbocycles. The maximum atomic E-state index is 13.0. The maximum Gasteiger partial charge on any atom is 0.490 e. The van der Waals surface area contributed by atoms with E-state index in [4.69, 9.17) is 4.74 Å². The molecule has 2 saturated heterocycles. The van der Waals surface area contributed by atoms with E-state index in [1.807, 2.05) is 25.7 Å². The SMILES string of the molecule is CC1CCCN(C2CCN(C(=O)c3ccc(C(=O)NC(C)(C)C)cc3)CC2)C1OC(=O)C(F)(F)F. The first-order valence-electron chi connectivity index (χ1n) is 12.0. The van der Waals surface area contributed by atoms with Gasteiger partial charge in [0.05, 0.1) is 0 Å². The van der Waals surface area contributed by atoms with Crippen molar-refractivity contribution in [3.8, 4) is 0 Å². The molecule has 7 nitrogen and oxygen atoms in total. The second-order valence-corrected chi connectivity index (χ2v) is 10.5. The summed E-state index contributed by atoms with van der Waals surface area (Å²) in [6.45, 7) is 8.90. The van der Waals surface area contributed by atoms with Gasteiger partial charge in [-0.3, -0.25) is 14.5 Å². The molecule has 0 spiro atoms. The first kappa shape index (κ1) is 27.0. The number of amides is 2. The number of benzene rings is 1. The summed E-state index contributed by atoms with van der Waals surface area (Å²) in [5.74, 6) is -2.73. The molecule has 2 unspecified atom stereocenters. The maximum absolute atomic E-state index is 13.0. The predicted molar refractivity (Wildman–Crippen MR) is 124 cm³/mol. The third kappa shape index (κ3) is 6.96. The quantitative estimate of drug-likeness (QED) is 0.637. The van der Waals surface area contributed by atoms with E-state index in [-0.39, 0.29) is 29.3 Å². The number of halogens is 3. The Morgan fingerprint density at radius 3 is 2.06 bits per heavy atom. The minimum Gasteiger partial charge on any atom is -0.439 e. The lowest BCUT2D eigenvalue weighted by Gasteiger charge is -2.46. The Labute approximate surface area is 204 Å². The van der Waals surface area contributed by atoms with Crippen LogP contribution in [-0.4, -0.2) is 71.2 Å². The largest absolute Gasteiger partial charge is 0.490 e. The molecule has 194 valence electrons. The number of hydrogen-bond acceptors (Lipinski definition) is 5. The average molecular weight is 498 g/mol. The number of alkyl halides is 3. The van der Waals surface area contributed by atoms with Crippen LogP contribution in [0.25, 0.3) is 0 Å². The van der Waals surface area contributed by atoms with Crippen molar-refractivity contribution in [2.75, 3.05) is 19.6 Å². The molecule has 1 aromatic rings. The number of rotatable bonds is 4. The van der Waals surface area contributed by atoms with E-state index in [1.165, 1.54) is 0 Å². The van der Waals surface area contributed by atoms with Crippen molar-refractivity contribution >= 4 is 17.8 Å². The second kappa shape index (κ2) is 10.6. The van der Waals surface area contributed by atoms with Gasteiger partial charge in [0.25, 0.3) is 11.8 Å². The number of likely N-dealkylation sites (tertiary alicyclic amines) is 2. The molecule has 2 aliphatic rings. The van der Waals surface area contributed by atoms with Crippen molar-refractivity contribution in [1.82, 2.24) is 15.1 Å². The van der Waals surface area contributed by atoms with Crippen molar-refractivity contribution in [3.63, 3.8) is 0 Å². The van der Waals surface area contributed by atoms with Gasteiger partial charge in [-0.15, -0.1) is 0 Å². The molecule has 2 aliphatic heterocycles. The fourth-order valence-electron chi connectivity index (χ4n) is 4.70. The van der Waals surface area contributed by atoms with Gasteiger partial charge in [0.2, 0.25) is 0 Å². The summed E-state index contributed by atoms with van der Waals surface area (Å²) < 4.78 is 43.2. The number of hydrogen-bond donors (Lipinski definition) is 1. The molecule has 1 N–H and O–H groups in total. The average Bonchev–Trinajstić information content (AvgIpc) is 2.78. The lowest BCUT2D eigenvalue weighted by molar-refractivity contribution is -0.222. The zero-order valence-electron chi connectivity index (χ0n) is 20.7. The topological polar surface area (TPSA) is 79.0 Å². The van der Waals surface area contributed by atoms with Gasteiger partial charge < -0.3 is 15.0 Å². The van der Waals surface area contributed by atoms with E-state index in [0.29, 0.717) is 50.0 Å². The molecular formula is C25H34F3N3O4. The minimum absolute atomic E-state index is 0.0729. The standard InChI is InChI=1S/C25H34F3N3O4/c1-16-6-5-13-31(22(16)35-23(34)25(26,27)28)19-11-14-30(15-12-19)21(33)18-9-7-17(8-10-18)20(32)29-24(2,3)4/h7-10,16,19,22H,5-6,11-15H2,1-4H3,(H,29,32). The Balaban J connectivity index is 1.60. The van der Waals surface area contributed by atoms with Crippen molar-refractivity contribution in [2.45, 2.75) is 77.4 Å². The number of carbonyl (C=O) groups excluding carboxylic acids is 3. The highest BCUT2D eigenvalue weighted by molar-refractivity contribution is 5.98. The number of nitrogens with zero attached hydrogens (tertiary/aromatic N) is 2. The van der Waals surface area contributed by atoms with Gasteiger partial charge in [-0.2, -0.15) is 13.2 Å². The molecular weight excluding hydrogens is 463 g/mol. The molecule has 3 rings (SSSR count). The summed E-state index contributed by atoms with van der Waals surface area (Å²) in [6, 6.07) is 6.43. The Bertz CT molecular complexity index is 919. The zero-order chi connectivity index (χ0) is 26.0. The van der Waals surface area contributed by atoms with Crippen molar-refractivity contribution in [2.24, 2.45) is 5.92 Å². The van der Waals surface area contributed by atoms with Crippen LogP contribution in [0.5, 0.6) is 0 Å². The number of ether oxygens (including phenoxy) is 1. The van der Waals surface area contributed by atoms with E-state index in [1.54, 1.807) is 36.1 Å². The van der Waals surface area contributed by atoms with Crippen molar-refractivity contribution in [3.05, 3.63) is 35.4 Å². The van der Waals surface area contributed by atoms with Gasteiger partial charge in [-0.1, -0.05) is 6.92 Å². The third-order valence-electron chi connectivity index (χ3n) is 6.45. The fourth-order valence-corrected chi connectivity index (χ4v) is 4.70. The highest BCUT2D eigenvalue weighted by Gasteiger charge is 2.46. The lowest BCUT2D eigenvalue weighted by Crippen LogP contribution is -2.56. The number of nitrogens with one attached hydrogen (secondary N) is 1. The van der Waals surface area contributed by atoms with Crippen LogP contribution in [0.3, 0.4) is 0 Å². The normalized spacial score (nSPS) is 22.5. The van der Waals surface area contributed by atoms with Gasteiger partial charge in [-0.05, 0) is 70.7 Å². The lowest BCUT2D eigenvalue weighted by atomic mass is 9.93. The molecule has 0 aromatic heterocycles. The van der Waals surface area contributed by atoms with E-state index in [9.17, 15) is 27.6 Å². The van der Waals surface area contributed by atoms with E-state index < -0.39 is 18.4 Å². The van der Waals surface area contributed by atoms with E-state index in [2.05, 4.69) is 5.32 Å². The van der Waals surface area contributed by atoms with E-state index in [0.717, 1.165) is 6.42 Å². The Morgan fingerprint density at radius 1 is 0.943 bits per heavy atom. The smallest absolute Gasteiger partial charge is 0.439 e. The monoisotopic (exact) mass is 497 g/mol. The van der Waals surface area contributed by atoms with Crippen LogP contribution in [0.2, 0.25) is 0 Å². The highest BCUT2D eigenvalue weighted by atomic mass is 19.4. The summed E-state index contributed by atoms with van der Waals surface area (Å²) in [6.07, 6.45) is -3.29. The van der Waals surface area contributed by atoms with Crippen molar-refractivity contribution < 1.29 is 32.3 Å². The van der Waals surface area contributed by atoms with Gasteiger partial charge >= 0.3 is 12.1 Å². The van der Waals surface area contributed by atoms with Crippen LogP contribution >= 0.6 is 0 Å². The first-order valence-corrected chi connectivity index (χ1v) is 12.0. The van der Waals surface area contributed by atoms with Crippen LogP contribution in [0, 0.1) is 5.92 Å². The fraction of sp³-hybridized carbons (Fsp3) is 0.640. The molecule has 2 atom stereocenters. The van der Waals surface area contributed by atoms with Crippen LogP contribution < -0.4 is 5.32 Å². The van der Waals surface area contributed by atoms with Crippen LogP contribution in [0.15, 0.2) is 24.3 Å². The van der Waals surface area contributed by atoms with Gasteiger partial charge in [0, 0.05) is 48.3 Å². The van der Waals surface area contributed by atoms with E-state index >= 15 is 0 Å². The van der Waals surface area contributed by atoms with Gasteiger partial charge in [0.1, 0.15) is 0 Å². The van der Waals surface area contributed by atoms with Crippen molar-refractivity contribution in [1.29, 1.82) is 0 Å². The van der Waals surface area contributed by atoms with Crippen LogP contribution in [-0.2, 0) is 9.53 Å². The first-order chi connectivity index (χ1) is 16.3. The van der Waals surface area contributed by atoms with Gasteiger partial charge in [-0.25, -0.2) is 4.79 Å². The second-order valence-electron chi connectivity index (χ2n) is 10.5. The Kier molecular flexibility index (Phi) is 8.14. The number of esters is 1. The summed E-state index contributed by atoms with van der Waals surface area (Å²) >= 11 is 0. The van der Waals surface area contributed by atoms with Crippen LogP contribution in [0.1, 0.15) is 74.1 Å². The highest BCUT2D eigenvalue weighted by Crippen LogP contribution is 2.31. The van der Waals surface area contributed by atoms with Gasteiger partial charge in [0.15, 0.2) is 6.23 Å². The Hall–Kier alpha value is -2.62. The minimum atomic E-state index is -5.03. The molecule has 10 heteroatoms. The number of piperidine rings is 2. The Morgan fingerprint density at radius 2 is 1.51 bits per heavy atom. The molecule has 1 aromatic carbocycles. The summed E-state index contributed by atoms with van der Waals surface area (Å²) in [5.41, 5.74) is 0.569. The zero-order valence-corrected chi connectivity index (χ0v) is 20.7. The molecule has 2 amide bonds. The molecule has 2 fully saturated rings. The number of carbonyl (C=O) groups is 3. The molecule has 0 radical (unpaired) electrons. The molecule has 0 bridgehead atoms. The third-order valence-corrected chi connectivity index (χ3v) is 6.45. The van der Waals surface area contributed by atoms with Crippen LogP contribution in [0.4, 0.5) is 13.2 Å². The summed E-state index contributed by atoms with van der Waals surface area (Å²) in [7, 11) is 0. The molecule has 0 aliphatic carbocycles. The summed E-state index contributed by atoms with van der Waals surface area (Å²) in [5, 5.41) is 2.88. The predicted octanol–water partition coefficient (Wildman–Crippen LogP) is 3.98. The summed E-state index contributed by atoms with van der Waals surface area (Å²) in [4.78, 5) is 40.3. The molecule has 35 heavy (non-hydrogen) atoms. The molecule has 2 heterocycles.